The highest BCUT2D eigenvalue weighted by atomic mass is 35.5. The molecule has 0 atom stereocenters. The number of carbonyl (C=O) groups excluding carboxylic acids is 1. The normalized spacial score (nSPS) is 11.3. The minimum Gasteiger partial charge on any atom is -0.492 e. The summed E-state index contributed by atoms with van der Waals surface area (Å²) < 4.78 is 30.9. The predicted molar refractivity (Wildman–Crippen MR) is 133 cm³/mol. The van der Waals surface area contributed by atoms with Gasteiger partial charge in [-0.1, -0.05) is 35.9 Å². The number of nitrogens with zero attached hydrogens (tertiary/aromatic N) is 2. The molecule has 1 heterocycles. The van der Waals surface area contributed by atoms with Crippen LogP contribution in [0.2, 0.25) is 5.02 Å². The summed E-state index contributed by atoms with van der Waals surface area (Å²) >= 11 is 6.05. The average molecular weight is 496 g/mol. The van der Waals surface area contributed by atoms with E-state index in [2.05, 4.69) is 10.4 Å². The fourth-order valence-electron chi connectivity index (χ4n) is 3.39. The van der Waals surface area contributed by atoms with Crippen molar-refractivity contribution in [2.24, 2.45) is 0 Å². The van der Waals surface area contributed by atoms with Gasteiger partial charge in [-0.15, -0.1) is 0 Å². The molecule has 9 heteroatoms. The first kappa shape index (κ1) is 23.5. The van der Waals surface area contributed by atoms with Crippen LogP contribution in [0.3, 0.4) is 0 Å². The number of carbonyl (C=O) groups is 1. The lowest BCUT2D eigenvalue weighted by molar-refractivity contribution is 0.102. The Labute approximate surface area is 202 Å². The molecule has 0 radical (unpaired) electrons. The van der Waals surface area contributed by atoms with Gasteiger partial charge in [0, 0.05) is 16.8 Å². The van der Waals surface area contributed by atoms with Crippen molar-refractivity contribution in [2.75, 3.05) is 18.2 Å². The molecule has 4 rings (SSSR count). The van der Waals surface area contributed by atoms with Crippen molar-refractivity contribution in [3.8, 4) is 22.7 Å². The van der Waals surface area contributed by atoms with Crippen molar-refractivity contribution in [1.82, 2.24) is 9.78 Å². The summed E-state index contributed by atoms with van der Waals surface area (Å²) in [5.74, 6) is 0.154. The van der Waals surface area contributed by atoms with Crippen LogP contribution >= 0.6 is 11.6 Å². The van der Waals surface area contributed by atoms with Crippen molar-refractivity contribution in [1.29, 1.82) is 0 Å². The molecule has 174 valence electrons. The van der Waals surface area contributed by atoms with E-state index in [1.165, 1.54) is 12.1 Å². The first-order chi connectivity index (χ1) is 16.3. The van der Waals surface area contributed by atoms with Crippen molar-refractivity contribution >= 4 is 33.0 Å². The van der Waals surface area contributed by atoms with E-state index in [9.17, 15) is 13.2 Å². The quantitative estimate of drug-likeness (QED) is 0.378. The van der Waals surface area contributed by atoms with Crippen LogP contribution in [0.5, 0.6) is 5.75 Å². The summed E-state index contributed by atoms with van der Waals surface area (Å²) in [5.41, 5.74) is 2.76. The van der Waals surface area contributed by atoms with Crippen molar-refractivity contribution in [3.63, 3.8) is 0 Å². The van der Waals surface area contributed by atoms with Crippen LogP contribution in [-0.2, 0) is 9.84 Å². The maximum absolute atomic E-state index is 13.1. The van der Waals surface area contributed by atoms with E-state index < -0.39 is 15.7 Å². The molecule has 0 spiro atoms. The van der Waals surface area contributed by atoms with Gasteiger partial charge in [0.1, 0.15) is 5.75 Å². The van der Waals surface area contributed by atoms with E-state index in [4.69, 9.17) is 16.3 Å². The van der Waals surface area contributed by atoms with E-state index in [-0.39, 0.29) is 10.6 Å². The highest BCUT2D eigenvalue weighted by molar-refractivity contribution is 7.90. The Bertz CT molecular complexity index is 1430. The van der Waals surface area contributed by atoms with Gasteiger partial charge < -0.3 is 10.1 Å². The molecule has 0 unspecified atom stereocenters. The molecular formula is C25H22ClN3O4S. The van der Waals surface area contributed by atoms with Gasteiger partial charge in [-0.25, -0.2) is 13.1 Å². The van der Waals surface area contributed by atoms with E-state index in [1.807, 2.05) is 25.1 Å². The van der Waals surface area contributed by atoms with Crippen LogP contribution in [0.15, 0.2) is 83.8 Å². The molecule has 3 aromatic carbocycles. The molecule has 4 aromatic rings. The molecule has 0 saturated carbocycles. The zero-order valence-electron chi connectivity index (χ0n) is 18.5. The van der Waals surface area contributed by atoms with Crippen LogP contribution in [-0.4, -0.2) is 37.0 Å². The number of rotatable bonds is 7. The standard InChI is InChI=1S/C25H22ClN3O4S/c1-3-33-24-7-5-4-6-21(24)27-25(30)22-16-23(17-8-10-18(26)11-9-17)29(28-22)19-12-14-20(15-13-19)34(2,31)32/h4-16H,3H2,1-2H3,(H,27,30). The van der Waals surface area contributed by atoms with Gasteiger partial charge in [0.05, 0.1) is 28.6 Å². The number of para-hydroxylation sites is 2. The number of aromatic nitrogens is 2. The predicted octanol–water partition coefficient (Wildman–Crippen LogP) is 5.25. The molecule has 0 fully saturated rings. The van der Waals surface area contributed by atoms with Gasteiger partial charge in [0.25, 0.3) is 5.91 Å². The lowest BCUT2D eigenvalue weighted by Crippen LogP contribution is -2.14. The van der Waals surface area contributed by atoms with Crippen molar-refractivity contribution in [2.45, 2.75) is 11.8 Å². The SMILES string of the molecule is CCOc1ccccc1NC(=O)c1cc(-c2ccc(Cl)cc2)n(-c2ccc(S(C)(=O)=O)cc2)n1. The Morgan fingerprint density at radius 2 is 1.71 bits per heavy atom. The fourth-order valence-corrected chi connectivity index (χ4v) is 4.14. The molecule has 0 saturated heterocycles. The second-order valence-corrected chi connectivity index (χ2v) is 9.94. The summed E-state index contributed by atoms with van der Waals surface area (Å²) in [6, 6.07) is 22.3. The molecule has 1 N–H and O–H groups in total. The number of hydrogen-bond donors (Lipinski definition) is 1. The molecule has 1 aromatic heterocycles. The number of hydrogen-bond acceptors (Lipinski definition) is 5. The number of benzene rings is 3. The Hall–Kier alpha value is -3.62. The number of nitrogens with one attached hydrogen (secondary N) is 1. The van der Waals surface area contributed by atoms with Crippen LogP contribution < -0.4 is 10.1 Å². The monoisotopic (exact) mass is 495 g/mol. The second-order valence-electron chi connectivity index (χ2n) is 7.48. The smallest absolute Gasteiger partial charge is 0.276 e. The molecule has 34 heavy (non-hydrogen) atoms. The Kier molecular flexibility index (Phi) is 6.72. The summed E-state index contributed by atoms with van der Waals surface area (Å²) in [4.78, 5) is 13.3. The van der Waals surface area contributed by atoms with Gasteiger partial charge in [-0.05, 0) is 61.5 Å². The second kappa shape index (κ2) is 9.70. The van der Waals surface area contributed by atoms with Crippen molar-refractivity contribution in [3.05, 3.63) is 89.6 Å². The van der Waals surface area contributed by atoms with Crippen LogP contribution in [0.4, 0.5) is 5.69 Å². The maximum atomic E-state index is 13.1. The summed E-state index contributed by atoms with van der Waals surface area (Å²) in [5, 5.41) is 7.96. The zero-order valence-corrected chi connectivity index (χ0v) is 20.1. The minimum absolute atomic E-state index is 0.184. The average Bonchev–Trinajstić information content (AvgIpc) is 3.26. The Morgan fingerprint density at radius 1 is 1.03 bits per heavy atom. The van der Waals surface area contributed by atoms with E-state index >= 15 is 0 Å². The van der Waals surface area contributed by atoms with Gasteiger partial charge in [-0.2, -0.15) is 5.10 Å². The van der Waals surface area contributed by atoms with Gasteiger partial charge in [-0.3, -0.25) is 4.79 Å². The number of ether oxygens (including phenoxy) is 1. The highest BCUT2D eigenvalue weighted by Gasteiger charge is 2.19. The topological polar surface area (TPSA) is 90.3 Å². The van der Waals surface area contributed by atoms with Crippen LogP contribution in [0.25, 0.3) is 16.9 Å². The fraction of sp³-hybridized carbons (Fsp3) is 0.120. The molecule has 0 aliphatic rings. The lowest BCUT2D eigenvalue weighted by atomic mass is 10.1. The summed E-state index contributed by atoms with van der Waals surface area (Å²) in [6.45, 7) is 2.33. The molecule has 0 aliphatic carbocycles. The van der Waals surface area contributed by atoms with E-state index in [0.717, 1.165) is 11.8 Å². The lowest BCUT2D eigenvalue weighted by Gasteiger charge is -2.10. The zero-order chi connectivity index (χ0) is 24.3. The largest absolute Gasteiger partial charge is 0.492 e. The molecule has 1 amide bonds. The number of anilines is 1. The number of amides is 1. The summed E-state index contributed by atoms with van der Waals surface area (Å²) in [7, 11) is -3.34. The highest BCUT2D eigenvalue weighted by Crippen LogP contribution is 2.28. The number of sulfone groups is 1. The molecular weight excluding hydrogens is 474 g/mol. The molecule has 0 aliphatic heterocycles. The third kappa shape index (κ3) is 5.13. The number of halogens is 1. The van der Waals surface area contributed by atoms with Gasteiger partial charge >= 0.3 is 0 Å². The van der Waals surface area contributed by atoms with Crippen molar-refractivity contribution < 1.29 is 17.9 Å². The van der Waals surface area contributed by atoms with Crippen LogP contribution in [0.1, 0.15) is 17.4 Å². The molecule has 7 nitrogen and oxygen atoms in total. The van der Waals surface area contributed by atoms with Gasteiger partial charge in [0.15, 0.2) is 15.5 Å². The minimum atomic E-state index is -3.34. The molecule has 0 bridgehead atoms. The first-order valence-corrected chi connectivity index (χ1v) is 12.7. The maximum Gasteiger partial charge on any atom is 0.276 e. The first-order valence-electron chi connectivity index (χ1n) is 10.5. The van der Waals surface area contributed by atoms with Gasteiger partial charge in [0.2, 0.25) is 0 Å². The van der Waals surface area contributed by atoms with E-state index in [0.29, 0.717) is 34.4 Å². The summed E-state index contributed by atoms with van der Waals surface area (Å²) in [6.07, 6.45) is 1.15. The third-order valence-corrected chi connectivity index (χ3v) is 6.41. The Morgan fingerprint density at radius 3 is 2.35 bits per heavy atom. The third-order valence-electron chi connectivity index (χ3n) is 5.03. The van der Waals surface area contributed by atoms with Crippen LogP contribution in [0, 0.1) is 0 Å². The van der Waals surface area contributed by atoms with E-state index in [1.54, 1.807) is 53.2 Å². The Balaban J connectivity index is 1.75.